The lowest BCUT2D eigenvalue weighted by Crippen LogP contribution is -2.51. The number of alkyl halides is 3. The number of carbonyl (C=O) groups is 2. The first-order valence-electron chi connectivity index (χ1n) is 10.2. The van der Waals surface area contributed by atoms with Crippen LogP contribution in [0.1, 0.15) is 24.5 Å². The van der Waals surface area contributed by atoms with Gasteiger partial charge in [-0.2, -0.15) is 13.2 Å². The fourth-order valence-electron chi connectivity index (χ4n) is 3.32. The lowest BCUT2D eigenvalue weighted by atomic mass is 10.1. The second-order valence-electron chi connectivity index (χ2n) is 7.50. The third kappa shape index (κ3) is 7.10. The third-order valence-corrected chi connectivity index (χ3v) is 6.43. The van der Waals surface area contributed by atoms with Gasteiger partial charge in [0.1, 0.15) is 12.6 Å². The summed E-state index contributed by atoms with van der Waals surface area (Å²) in [6.45, 7) is 0.854. The number of likely N-dealkylation sites (N-methyl/N-ethyl adjacent to an activating group) is 1. The van der Waals surface area contributed by atoms with Gasteiger partial charge < -0.3 is 10.2 Å². The first-order chi connectivity index (χ1) is 15.8. The Morgan fingerprint density at radius 3 is 2.24 bits per heavy atom. The molecular formula is C22H25ClF3N3O4S. The molecule has 0 aliphatic heterocycles. The smallest absolute Gasteiger partial charge is 0.357 e. The maximum Gasteiger partial charge on any atom is 0.416 e. The molecule has 0 saturated carbocycles. The molecule has 0 spiro atoms. The molecule has 0 aliphatic rings. The van der Waals surface area contributed by atoms with Crippen molar-refractivity contribution in [1.29, 1.82) is 0 Å². The van der Waals surface area contributed by atoms with Gasteiger partial charge >= 0.3 is 6.18 Å². The molecule has 0 radical (unpaired) electrons. The van der Waals surface area contributed by atoms with Crippen molar-refractivity contribution < 1.29 is 31.2 Å². The van der Waals surface area contributed by atoms with E-state index in [0.717, 1.165) is 18.4 Å². The van der Waals surface area contributed by atoms with Crippen molar-refractivity contribution in [2.45, 2.75) is 32.1 Å². The SMILES string of the molecule is CC[C@@H](C(=O)NC)N(Cc1ccc(Cl)cc1)C(=O)CN(c1cccc(C(F)(F)F)c1)S(C)(=O)=O. The average Bonchev–Trinajstić information content (AvgIpc) is 2.77. The van der Waals surface area contributed by atoms with E-state index in [1.54, 1.807) is 31.2 Å². The van der Waals surface area contributed by atoms with Crippen LogP contribution >= 0.6 is 11.6 Å². The molecule has 12 heteroatoms. The molecule has 0 heterocycles. The second-order valence-corrected chi connectivity index (χ2v) is 9.85. The molecular weight excluding hydrogens is 495 g/mol. The van der Waals surface area contributed by atoms with E-state index < -0.39 is 46.2 Å². The summed E-state index contributed by atoms with van der Waals surface area (Å²) in [4.78, 5) is 27.0. The summed E-state index contributed by atoms with van der Waals surface area (Å²) >= 11 is 5.91. The minimum Gasteiger partial charge on any atom is -0.357 e. The van der Waals surface area contributed by atoms with Gasteiger partial charge in [0.2, 0.25) is 21.8 Å². The molecule has 1 atom stereocenters. The molecule has 1 N–H and O–H groups in total. The van der Waals surface area contributed by atoms with Crippen molar-refractivity contribution >= 4 is 39.1 Å². The largest absolute Gasteiger partial charge is 0.416 e. The normalized spacial score (nSPS) is 12.7. The van der Waals surface area contributed by atoms with Crippen LogP contribution in [0.25, 0.3) is 0 Å². The summed E-state index contributed by atoms with van der Waals surface area (Å²) in [6.07, 6.45) is -3.68. The van der Waals surface area contributed by atoms with Gasteiger partial charge in [-0.1, -0.05) is 36.7 Å². The Morgan fingerprint density at radius 2 is 1.74 bits per heavy atom. The fourth-order valence-corrected chi connectivity index (χ4v) is 4.29. The summed E-state index contributed by atoms with van der Waals surface area (Å²) in [5.74, 6) is -1.22. The fraction of sp³-hybridized carbons (Fsp3) is 0.364. The van der Waals surface area contributed by atoms with E-state index >= 15 is 0 Å². The lowest BCUT2D eigenvalue weighted by Gasteiger charge is -2.32. The van der Waals surface area contributed by atoms with Crippen LogP contribution in [0.2, 0.25) is 5.02 Å². The minimum atomic E-state index is -4.70. The Kier molecular flexibility index (Phi) is 8.96. The number of amides is 2. The van der Waals surface area contributed by atoms with E-state index in [1.807, 2.05) is 0 Å². The van der Waals surface area contributed by atoms with Gasteiger partial charge in [0.05, 0.1) is 17.5 Å². The van der Waals surface area contributed by atoms with E-state index in [0.29, 0.717) is 21.0 Å². The Bertz CT molecular complexity index is 1120. The number of halogens is 4. The van der Waals surface area contributed by atoms with Crippen LogP contribution in [0.15, 0.2) is 48.5 Å². The third-order valence-electron chi connectivity index (χ3n) is 5.04. The highest BCUT2D eigenvalue weighted by Crippen LogP contribution is 2.32. The molecule has 2 aromatic carbocycles. The molecule has 7 nitrogen and oxygen atoms in total. The molecule has 0 saturated heterocycles. The predicted molar refractivity (Wildman–Crippen MR) is 124 cm³/mol. The molecule has 34 heavy (non-hydrogen) atoms. The molecule has 2 aromatic rings. The van der Waals surface area contributed by atoms with Gasteiger partial charge in [0, 0.05) is 18.6 Å². The Balaban J connectivity index is 2.46. The standard InChI is InChI=1S/C22H25ClF3N3O4S/c1-4-19(21(31)27-2)28(13-15-8-10-17(23)11-9-15)20(30)14-29(34(3,32)33)18-7-5-6-16(12-18)22(24,25)26/h5-12,19H,4,13-14H2,1-3H3,(H,27,31)/t19-/m0/s1. The Hall–Kier alpha value is -2.79. The molecule has 0 unspecified atom stereocenters. The van der Waals surface area contributed by atoms with Crippen molar-refractivity contribution in [3.05, 3.63) is 64.7 Å². The molecule has 0 aromatic heterocycles. The highest BCUT2D eigenvalue weighted by Gasteiger charge is 2.34. The summed E-state index contributed by atoms with van der Waals surface area (Å²) in [5.41, 5.74) is -0.740. The zero-order valence-electron chi connectivity index (χ0n) is 18.8. The van der Waals surface area contributed by atoms with Crippen LogP contribution in [0.3, 0.4) is 0 Å². The van der Waals surface area contributed by atoms with Crippen molar-refractivity contribution in [2.24, 2.45) is 0 Å². The predicted octanol–water partition coefficient (Wildman–Crippen LogP) is 3.68. The zero-order valence-corrected chi connectivity index (χ0v) is 20.3. The van der Waals surface area contributed by atoms with Crippen LogP contribution in [0, 0.1) is 0 Å². The van der Waals surface area contributed by atoms with Gasteiger partial charge in [-0.25, -0.2) is 8.42 Å². The van der Waals surface area contributed by atoms with E-state index in [1.165, 1.54) is 18.0 Å². The Labute approximate surface area is 201 Å². The van der Waals surface area contributed by atoms with Gasteiger partial charge in [-0.15, -0.1) is 0 Å². The maximum absolute atomic E-state index is 13.3. The molecule has 0 bridgehead atoms. The van der Waals surface area contributed by atoms with Crippen LogP contribution < -0.4 is 9.62 Å². The maximum atomic E-state index is 13.3. The number of hydrogen-bond donors (Lipinski definition) is 1. The van der Waals surface area contributed by atoms with Crippen LogP contribution in [0.5, 0.6) is 0 Å². The number of hydrogen-bond acceptors (Lipinski definition) is 4. The summed E-state index contributed by atoms with van der Waals surface area (Å²) in [5, 5.41) is 2.94. The molecule has 0 aliphatic carbocycles. The minimum absolute atomic E-state index is 0.0396. The second kappa shape index (κ2) is 11.1. The zero-order chi connectivity index (χ0) is 25.7. The van der Waals surface area contributed by atoms with E-state index in [2.05, 4.69) is 5.32 Å². The number of anilines is 1. The quantitative estimate of drug-likeness (QED) is 0.547. The summed E-state index contributed by atoms with van der Waals surface area (Å²) in [6, 6.07) is 9.27. The molecule has 0 fully saturated rings. The van der Waals surface area contributed by atoms with Gasteiger partial charge in [0.25, 0.3) is 0 Å². The highest BCUT2D eigenvalue weighted by atomic mass is 35.5. The van der Waals surface area contributed by atoms with Gasteiger partial charge in [-0.05, 0) is 42.3 Å². The summed E-state index contributed by atoms with van der Waals surface area (Å²) < 4.78 is 65.0. The van der Waals surface area contributed by atoms with Crippen molar-refractivity contribution in [3.63, 3.8) is 0 Å². The first kappa shape index (κ1) is 27.5. The van der Waals surface area contributed by atoms with Gasteiger partial charge in [0.15, 0.2) is 0 Å². The topological polar surface area (TPSA) is 86.8 Å². The van der Waals surface area contributed by atoms with Crippen LogP contribution in [-0.2, 0) is 32.3 Å². The molecule has 2 rings (SSSR count). The van der Waals surface area contributed by atoms with Crippen LogP contribution in [-0.4, -0.2) is 51.0 Å². The molecule has 186 valence electrons. The Morgan fingerprint density at radius 1 is 1.12 bits per heavy atom. The number of sulfonamides is 1. The van der Waals surface area contributed by atoms with Crippen molar-refractivity contribution in [3.8, 4) is 0 Å². The number of carbonyl (C=O) groups excluding carboxylic acids is 2. The van der Waals surface area contributed by atoms with Crippen LogP contribution in [0.4, 0.5) is 18.9 Å². The van der Waals surface area contributed by atoms with Crippen molar-refractivity contribution in [1.82, 2.24) is 10.2 Å². The van der Waals surface area contributed by atoms with Gasteiger partial charge in [-0.3, -0.25) is 13.9 Å². The van der Waals surface area contributed by atoms with E-state index in [-0.39, 0.29) is 18.7 Å². The first-order valence-corrected chi connectivity index (χ1v) is 12.4. The highest BCUT2D eigenvalue weighted by molar-refractivity contribution is 7.92. The van der Waals surface area contributed by atoms with E-state index in [4.69, 9.17) is 11.6 Å². The van der Waals surface area contributed by atoms with Crippen molar-refractivity contribution in [2.75, 3.05) is 24.2 Å². The monoisotopic (exact) mass is 519 g/mol. The number of rotatable bonds is 9. The molecule has 2 amide bonds. The summed E-state index contributed by atoms with van der Waals surface area (Å²) in [7, 11) is -2.74. The lowest BCUT2D eigenvalue weighted by molar-refractivity contribution is -0.140. The number of benzene rings is 2. The van der Waals surface area contributed by atoms with E-state index in [9.17, 15) is 31.2 Å². The average molecular weight is 520 g/mol. The number of nitrogens with zero attached hydrogens (tertiary/aromatic N) is 2. The number of nitrogens with one attached hydrogen (secondary N) is 1.